The van der Waals surface area contributed by atoms with Gasteiger partial charge in [-0.25, -0.2) is 0 Å². The van der Waals surface area contributed by atoms with Crippen molar-refractivity contribution >= 4 is 0 Å². The topological polar surface area (TPSA) is 30.5 Å². The van der Waals surface area contributed by atoms with Crippen LogP contribution in [0, 0.1) is 5.92 Å². The van der Waals surface area contributed by atoms with Gasteiger partial charge in [0.15, 0.2) is 0 Å². The van der Waals surface area contributed by atoms with E-state index >= 15 is 0 Å². The Morgan fingerprint density at radius 1 is 1.20 bits per heavy atom. The van der Waals surface area contributed by atoms with Crippen LogP contribution in [0.15, 0.2) is 0 Å². The fourth-order valence-corrected chi connectivity index (χ4v) is 1.67. The maximum atomic E-state index is 5.39. The van der Waals surface area contributed by atoms with Crippen LogP contribution in [-0.4, -0.2) is 39.5 Å². The van der Waals surface area contributed by atoms with Gasteiger partial charge in [-0.15, -0.1) is 0 Å². The Kier molecular flexibility index (Phi) is 6.98. The van der Waals surface area contributed by atoms with Crippen molar-refractivity contribution in [3.8, 4) is 0 Å². The van der Waals surface area contributed by atoms with Gasteiger partial charge in [0.25, 0.3) is 0 Å². The number of methoxy groups -OCH3 is 1. The molecule has 0 amide bonds. The Balaban J connectivity index is 1.72. The molecule has 15 heavy (non-hydrogen) atoms. The lowest BCUT2D eigenvalue weighted by Gasteiger charge is -2.12. The zero-order chi connectivity index (χ0) is 10.9. The van der Waals surface area contributed by atoms with E-state index in [4.69, 9.17) is 9.47 Å². The molecule has 90 valence electrons. The minimum absolute atomic E-state index is 0.705. The van der Waals surface area contributed by atoms with Crippen LogP contribution >= 0.6 is 0 Å². The van der Waals surface area contributed by atoms with E-state index in [9.17, 15) is 0 Å². The van der Waals surface area contributed by atoms with E-state index in [2.05, 4.69) is 12.2 Å². The van der Waals surface area contributed by atoms with Crippen LogP contribution in [0.2, 0.25) is 0 Å². The van der Waals surface area contributed by atoms with Crippen molar-refractivity contribution in [3.63, 3.8) is 0 Å². The summed E-state index contributed by atoms with van der Waals surface area (Å²) in [6.07, 6.45) is 5.21. The van der Waals surface area contributed by atoms with Crippen LogP contribution in [0.3, 0.4) is 0 Å². The molecule has 3 nitrogen and oxygen atoms in total. The molecule has 1 saturated carbocycles. The van der Waals surface area contributed by atoms with E-state index in [1.165, 1.54) is 19.3 Å². The summed E-state index contributed by atoms with van der Waals surface area (Å²) in [6.45, 7) is 5.72. The zero-order valence-electron chi connectivity index (χ0n) is 10.1. The van der Waals surface area contributed by atoms with Crippen LogP contribution in [0.25, 0.3) is 0 Å². The molecule has 0 saturated heterocycles. The van der Waals surface area contributed by atoms with Crippen molar-refractivity contribution in [2.75, 3.05) is 33.5 Å². The van der Waals surface area contributed by atoms with E-state index < -0.39 is 0 Å². The molecule has 1 aliphatic carbocycles. The molecule has 0 aliphatic heterocycles. The van der Waals surface area contributed by atoms with Crippen molar-refractivity contribution in [3.05, 3.63) is 0 Å². The third-order valence-corrected chi connectivity index (χ3v) is 2.94. The number of rotatable bonds is 10. The smallest absolute Gasteiger partial charge is 0.0700 e. The highest BCUT2D eigenvalue weighted by atomic mass is 16.5. The molecule has 0 radical (unpaired) electrons. The summed E-state index contributed by atoms with van der Waals surface area (Å²) in [5.74, 6) is 0.961. The van der Waals surface area contributed by atoms with E-state index in [1.807, 2.05) is 0 Å². The second-order valence-corrected chi connectivity index (χ2v) is 4.39. The molecular weight excluding hydrogens is 190 g/mol. The van der Waals surface area contributed by atoms with E-state index in [1.54, 1.807) is 7.11 Å². The van der Waals surface area contributed by atoms with Gasteiger partial charge in [-0.2, -0.15) is 0 Å². The maximum Gasteiger partial charge on any atom is 0.0700 e. The van der Waals surface area contributed by atoms with Crippen molar-refractivity contribution in [1.82, 2.24) is 5.32 Å². The fraction of sp³-hybridized carbons (Fsp3) is 1.00. The number of hydrogen-bond acceptors (Lipinski definition) is 3. The van der Waals surface area contributed by atoms with Gasteiger partial charge in [-0.05, 0) is 45.1 Å². The monoisotopic (exact) mass is 215 g/mol. The third kappa shape index (κ3) is 6.88. The Labute approximate surface area is 93.5 Å². The first kappa shape index (κ1) is 12.9. The van der Waals surface area contributed by atoms with Gasteiger partial charge in [-0.3, -0.25) is 0 Å². The van der Waals surface area contributed by atoms with Gasteiger partial charge < -0.3 is 14.8 Å². The van der Waals surface area contributed by atoms with E-state index in [-0.39, 0.29) is 0 Å². The van der Waals surface area contributed by atoms with Crippen molar-refractivity contribution in [2.45, 2.75) is 38.6 Å². The first-order chi connectivity index (χ1) is 7.34. The second kappa shape index (κ2) is 8.08. The SMILES string of the molecule is COCCOCCCCNC(C)C1CC1. The summed E-state index contributed by atoms with van der Waals surface area (Å²) < 4.78 is 10.3. The first-order valence-corrected chi connectivity index (χ1v) is 6.14. The largest absolute Gasteiger partial charge is 0.382 e. The molecule has 0 aromatic heterocycles. The number of nitrogens with one attached hydrogen (secondary N) is 1. The van der Waals surface area contributed by atoms with Crippen molar-refractivity contribution in [2.24, 2.45) is 5.92 Å². The minimum atomic E-state index is 0.705. The molecular formula is C12H25NO2. The first-order valence-electron chi connectivity index (χ1n) is 6.14. The standard InChI is InChI=1S/C12H25NO2/c1-11(12-5-6-12)13-7-3-4-8-15-10-9-14-2/h11-13H,3-10H2,1-2H3. The Hall–Kier alpha value is -0.120. The fourth-order valence-electron chi connectivity index (χ4n) is 1.67. The van der Waals surface area contributed by atoms with Crippen LogP contribution < -0.4 is 5.32 Å². The lowest BCUT2D eigenvalue weighted by molar-refractivity contribution is 0.0687. The van der Waals surface area contributed by atoms with Gasteiger partial charge in [0.05, 0.1) is 13.2 Å². The highest BCUT2D eigenvalue weighted by Crippen LogP contribution is 2.32. The maximum absolute atomic E-state index is 5.39. The summed E-state index contributed by atoms with van der Waals surface area (Å²) in [6, 6.07) is 0.722. The van der Waals surface area contributed by atoms with Gasteiger partial charge in [0.2, 0.25) is 0 Å². The summed E-state index contributed by atoms with van der Waals surface area (Å²) in [5, 5.41) is 3.57. The molecule has 1 N–H and O–H groups in total. The van der Waals surface area contributed by atoms with Crippen LogP contribution in [0.4, 0.5) is 0 Å². The second-order valence-electron chi connectivity index (χ2n) is 4.39. The Bertz CT molecular complexity index is 149. The lowest BCUT2D eigenvalue weighted by atomic mass is 10.2. The molecule has 1 rings (SSSR count). The summed E-state index contributed by atoms with van der Waals surface area (Å²) >= 11 is 0. The minimum Gasteiger partial charge on any atom is -0.382 e. The Morgan fingerprint density at radius 2 is 2.00 bits per heavy atom. The molecule has 0 bridgehead atoms. The summed E-state index contributed by atoms with van der Waals surface area (Å²) in [7, 11) is 1.70. The van der Waals surface area contributed by atoms with Crippen LogP contribution in [-0.2, 0) is 9.47 Å². The van der Waals surface area contributed by atoms with Gasteiger partial charge in [0.1, 0.15) is 0 Å². The molecule has 1 unspecified atom stereocenters. The van der Waals surface area contributed by atoms with Gasteiger partial charge >= 0.3 is 0 Å². The number of ether oxygens (including phenoxy) is 2. The predicted molar refractivity (Wildman–Crippen MR) is 62.1 cm³/mol. The summed E-state index contributed by atoms with van der Waals surface area (Å²) in [4.78, 5) is 0. The molecule has 0 spiro atoms. The molecule has 1 fully saturated rings. The predicted octanol–water partition coefficient (Wildman–Crippen LogP) is 1.82. The lowest BCUT2D eigenvalue weighted by Crippen LogP contribution is -2.28. The van der Waals surface area contributed by atoms with E-state index in [0.29, 0.717) is 6.61 Å². The van der Waals surface area contributed by atoms with Gasteiger partial charge in [0, 0.05) is 19.8 Å². The average molecular weight is 215 g/mol. The number of hydrogen-bond donors (Lipinski definition) is 1. The third-order valence-electron chi connectivity index (χ3n) is 2.94. The normalized spacial score (nSPS) is 18.0. The molecule has 3 heteroatoms. The van der Waals surface area contributed by atoms with E-state index in [0.717, 1.165) is 38.1 Å². The highest BCUT2D eigenvalue weighted by molar-refractivity contribution is 4.82. The molecule has 1 atom stereocenters. The van der Waals surface area contributed by atoms with Gasteiger partial charge in [-0.1, -0.05) is 0 Å². The number of unbranched alkanes of at least 4 members (excludes halogenated alkanes) is 1. The van der Waals surface area contributed by atoms with Crippen LogP contribution in [0.5, 0.6) is 0 Å². The Morgan fingerprint density at radius 3 is 2.67 bits per heavy atom. The zero-order valence-corrected chi connectivity index (χ0v) is 10.1. The average Bonchev–Trinajstić information content (AvgIpc) is 3.05. The molecule has 0 heterocycles. The quantitative estimate of drug-likeness (QED) is 0.564. The molecule has 0 aromatic rings. The van der Waals surface area contributed by atoms with Crippen molar-refractivity contribution < 1.29 is 9.47 Å². The summed E-state index contributed by atoms with van der Waals surface area (Å²) in [5.41, 5.74) is 0. The van der Waals surface area contributed by atoms with Crippen LogP contribution in [0.1, 0.15) is 32.6 Å². The highest BCUT2D eigenvalue weighted by Gasteiger charge is 2.26. The molecule has 0 aromatic carbocycles. The molecule has 1 aliphatic rings. The van der Waals surface area contributed by atoms with Crippen molar-refractivity contribution in [1.29, 1.82) is 0 Å².